The van der Waals surface area contributed by atoms with E-state index in [2.05, 4.69) is 23.5 Å². The van der Waals surface area contributed by atoms with Gasteiger partial charge in [-0.2, -0.15) is 0 Å². The molecule has 0 fully saturated rings. The molecule has 1 atom stereocenters. The van der Waals surface area contributed by atoms with Crippen molar-refractivity contribution < 1.29 is 23.2 Å². The SMILES string of the molecule is O=C(COc1coc(C[NH+]2CCc3ccccc3C2)cc1=O)NCc1ccc(F)cc1. The Morgan fingerprint density at radius 3 is 2.68 bits per heavy atom. The van der Waals surface area contributed by atoms with Gasteiger partial charge in [0.2, 0.25) is 11.2 Å². The highest BCUT2D eigenvalue weighted by atomic mass is 19.1. The lowest BCUT2D eigenvalue weighted by molar-refractivity contribution is -0.930. The zero-order valence-corrected chi connectivity index (χ0v) is 17.0. The van der Waals surface area contributed by atoms with Crippen LogP contribution in [0.15, 0.2) is 70.1 Å². The summed E-state index contributed by atoms with van der Waals surface area (Å²) >= 11 is 0. The van der Waals surface area contributed by atoms with Crippen LogP contribution in [0.5, 0.6) is 5.75 Å². The lowest BCUT2D eigenvalue weighted by atomic mass is 10.00. The first-order valence-corrected chi connectivity index (χ1v) is 10.2. The predicted octanol–water partition coefficient (Wildman–Crippen LogP) is 1.62. The molecule has 1 aromatic heterocycles. The molecule has 2 heterocycles. The minimum Gasteiger partial charge on any atom is -0.477 e. The van der Waals surface area contributed by atoms with Gasteiger partial charge >= 0.3 is 0 Å². The zero-order chi connectivity index (χ0) is 21.6. The Morgan fingerprint density at radius 1 is 1.13 bits per heavy atom. The van der Waals surface area contributed by atoms with Crippen LogP contribution >= 0.6 is 0 Å². The predicted molar refractivity (Wildman–Crippen MR) is 112 cm³/mol. The maximum absolute atomic E-state index is 12.9. The number of fused-ring (bicyclic) bond motifs is 1. The number of nitrogens with one attached hydrogen (secondary N) is 2. The lowest BCUT2D eigenvalue weighted by Gasteiger charge is -2.25. The maximum Gasteiger partial charge on any atom is 0.258 e. The van der Waals surface area contributed by atoms with Crippen molar-refractivity contribution in [2.24, 2.45) is 0 Å². The molecule has 0 saturated heterocycles. The summed E-state index contributed by atoms with van der Waals surface area (Å²) in [7, 11) is 0. The number of carbonyl (C=O) groups is 1. The van der Waals surface area contributed by atoms with Crippen LogP contribution in [-0.4, -0.2) is 19.1 Å². The number of amides is 1. The van der Waals surface area contributed by atoms with E-state index in [1.807, 2.05) is 6.07 Å². The minimum atomic E-state index is -0.385. The third-order valence-electron chi connectivity index (χ3n) is 5.34. The first kappa shape index (κ1) is 20.8. The average molecular weight is 423 g/mol. The number of hydrogen-bond acceptors (Lipinski definition) is 4. The molecule has 7 heteroatoms. The van der Waals surface area contributed by atoms with E-state index in [0.29, 0.717) is 12.3 Å². The highest BCUT2D eigenvalue weighted by Gasteiger charge is 2.20. The molecular formula is C24H24FN2O4+. The Bertz CT molecular complexity index is 1110. The van der Waals surface area contributed by atoms with E-state index in [9.17, 15) is 14.0 Å². The van der Waals surface area contributed by atoms with Crippen molar-refractivity contribution in [2.45, 2.75) is 26.1 Å². The van der Waals surface area contributed by atoms with Crippen LogP contribution in [0.2, 0.25) is 0 Å². The Labute approximate surface area is 179 Å². The molecule has 2 aromatic carbocycles. The van der Waals surface area contributed by atoms with Crippen LogP contribution in [0.1, 0.15) is 22.5 Å². The van der Waals surface area contributed by atoms with Gasteiger partial charge in [0, 0.05) is 24.6 Å². The molecule has 0 spiro atoms. The number of rotatable bonds is 7. The Hall–Kier alpha value is -3.45. The Kier molecular flexibility index (Phi) is 6.43. The van der Waals surface area contributed by atoms with Gasteiger partial charge in [0.05, 0.1) is 6.54 Å². The summed E-state index contributed by atoms with van der Waals surface area (Å²) in [5.41, 5.74) is 3.16. The van der Waals surface area contributed by atoms with Gasteiger partial charge in [0.15, 0.2) is 12.4 Å². The van der Waals surface area contributed by atoms with Gasteiger partial charge in [-0.25, -0.2) is 4.39 Å². The van der Waals surface area contributed by atoms with E-state index >= 15 is 0 Å². The summed E-state index contributed by atoms with van der Waals surface area (Å²) in [6.45, 7) is 2.43. The molecule has 1 unspecified atom stereocenters. The largest absolute Gasteiger partial charge is 0.477 e. The van der Waals surface area contributed by atoms with Gasteiger partial charge in [0.1, 0.15) is 25.2 Å². The van der Waals surface area contributed by atoms with Crippen LogP contribution in [-0.2, 0) is 30.8 Å². The number of ether oxygens (including phenoxy) is 1. The number of quaternary nitrogens is 1. The monoisotopic (exact) mass is 423 g/mol. The van der Waals surface area contributed by atoms with Gasteiger partial charge in [-0.3, -0.25) is 9.59 Å². The summed E-state index contributed by atoms with van der Waals surface area (Å²) in [5.74, 6) is -0.128. The summed E-state index contributed by atoms with van der Waals surface area (Å²) in [4.78, 5) is 25.6. The standard InChI is InChI=1S/C24H23FN2O4/c25-20-7-5-17(6-8-20)12-26-24(29)16-31-23-15-30-21(11-22(23)28)14-27-10-9-18-3-1-2-4-19(18)13-27/h1-8,11,15H,9-10,12-14,16H2,(H,26,29)/p+1. The second kappa shape index (κ2) is 9.57. The molecule has 0 aliphatic carbocycles. The van der Waals surface area contributed by atoms with Crippen LogP contribution < -0.4 is 20.4 Å². The molecular weight excluding hydrogens is 399 g/mol. The van der Waals surface area contributed by atoms with Crippen molar-refractivity contribution in [1.29, 1.82) is 0 Å². The van der Waals surface area contributed by atoms with Crippen LogP contribution in [0.3, 0.4) is 0 Å². The molecule has 0 saturated carbocycles. The van der Waals surface area contributed by atoms with E-state index in [1.165, 1.54) is 40.5 Å². The average Bonchev–Trinajstić information content (AvgIpc) is 2.78. The van der Waals surface area contributed by atoms with Crippen molar-refractivity contribution in [3.8, 4) is 5.75 Å². The molecule has 0 bridgehead atoms. The highest BCUT2D eigenvalue weighted by Crippen LogP contribution is 2.11. The number of halogens is 1. The van der Waals surface area contributed by atoms with Crippen molar-refractivity contribution in [2.75, 3.05) is 13.2 Å². The first-order chi connectivity index (χ1) is 15.1. The van der Waals surface area contributed by atoms with Gasteiger partial charge in [-0.1, -0.05) is 36.4 Å². The van der Waals surface area contributed by atoms with E-state index in [4.69, 9.17) is 9.15 Å². The fourth-order valence-corrected chi connectivity index (χ4v) is 3.67. The molecule has 1 aliphatic rings. The lowest BCUT2D eigenvalue weighted by Crippen LogP contribution is -3.10. The zero-order valence-electron chi connectivity index (χ0n) is 17.0. The Balaban J connectivity index is 1.27. The van der Waals surface area contributed by atoms with Crippen LogP contribution in [0.25, 0.3) is 0 Å². The summed E-state index contributed by atoms with van der Waals surface area (Å²) < 4.78 is 23.8. The molecule has 4 rings (SSSR count). The van der Waals surface area contributed by atoms with Crippen LogP contribution in [0, 0.1) is 5.82 Å². The van der Waals surface area contributed by atoms with Gasteiger partial charge in [-0.05, 0) is 23.3 Å². The summed E-state index contributed by atoms with van der Waals surface area (Å²) in [6, 6.07) is 15.7. The fraction of sp³-hybridized carbons (Fsp3) is 0.250. The van der Waals surface area contributed by atoms with E-state index in [0.717, 1.165) is 25.1 Å². The number of carbonyl (C=O) groups excluding carboxylic acids is 1. The van der Waals surface area contributed by atoms with Crippen molar-refractivity contribution in [3.63, 3.8) is 0 Å². The quantitative estimate of drug-likeness (QED) is 0.606. The summed E-state index contributed by atoms with van der Waals surface area (Å²) in [6.07, 6.45) is 2.27. The minimum absolute atomic E-state index is 0.000304. The smallest absolute Gasteiger partial charge is 0.258 e. The second-order valence-corrected chi connectivity index (χ2v) is 7.64. The normalized spacial score (nSPS) is 15.2. The van der Waals surface area contributed by atoms with Crippen LogP contribution in [0.4, 0.5) is 4.39 Å². The molecule has 0 radical (unpaired) electrons. The van der Waals surface area contributed by atoms with E-state index in [-0.39, 0.29) is 36.1 Å². The van der Waals surface area contributed by atoms with E-state index < -0.39 is 0 Å². The van der Waals surface area contributed by atoms with Gasteiger partial charge in [-0.15, -0.1) is 0 Å². The number of benzene rings is 2. The summed E-state index contributed by atoms with van der Waals surface area (Å²) in [5, 5.41) is 2.66. The van der Waals surface area contributed by atoms with Crippen molar-refractivity contribution in [3.05, 3.63) is 99.4 Å². The Morgan fingerprint density at radius 2 is 1.90 bits per heavy atom. The number of hydrogen-bond donors (Lipinski definition) is 2. The van der Waals surface area contributed by atoms with Gasteiger partial charge < -0.3 is 19.4 Å². The first-order valence-electron chi connectivity index (χ1n) is 10.2. The van der Waals surface area contributed by atoms with Crippen molar-refractivity contribution in [1.82, 2.24) is 5.32 Å². The molecule has 160 valence electrons. The van der Waals surface area contributed by atoms with Gasteiger partial charge in [0.25, 0.3) is 5.91 Å². The third kappa shape index (κ3) is 5.58. The van der Waals surface area contributed by atoms with E-state index in [1.54, 1.807) is 12.1 Å². The van der Waals surface area contributed by atoms with Crippen molar-refractivity contribution >= 4 is 5.91 Å². The molecule has 6 nitrogen and oxygen atoms in total. The molecule has 1 aliphatic heterocycles. The highest BCUT2D eigenvalue weighted by molar-refractivity contribution is 5.77. The second-order valence-electron chi connectivity index (χ2n) is 7.64. The molecule has 1 amide bonds. The maximum atomic E-state index is 12.9. The molecule has 2 N–H and O–H groups in total. The fourth-order valence-electron chi connectivity index (χ4n) is 3.67. The third-order valence-corrected chi connectivity index (χ3v) is 5.34. The molecule has 3 aromatic rings. The topological polar surface area (TPSA) is 73.0 Å². The molecule has 31 heavy (non-hydrogen) atoms.